The molecule has 0 saturated heterocycles. The second-order valence-electron chi connectivity index (χ2n) is 4.13. The summed E-state index contributed by atoms with van der Waals surface area (Å²) in [4.78, 5) is 4.14. The molecule has 0 bridgehead atoms. The molecule has 0 amide bonds. The van der Waals surface area contributed by atoms with Crippen molar-refractivity contribution in [2.24, 2.45) is 0 Å². The fourth-order valence-corrected chi connectivity index (χ4v) is 1.76. The first-order chi connectivity index (χ1) is 7.06. The zero-order valence-corrected chi connectivity index (χ0v) is 10.5. The monoisotopic (exact) mass is 218 g/mol. The number of likely N-dealkylation sites (N-methyl/N-ethyl adjacent to an activating group) is 1. The van der Waals surface area contributed by atoms with Gasteiger partial charge in [0.25, 0.3) is 0 Å². The molecule has 92 valence electrons. The van der Waals surface area contributed by atoms with E-state index in [-0.39, 0.29) is 12.6 Å². The summed E-state index contributed by atoms with van der Waals surface area (Å²) in [5, 5.41) is 19.2. The molecule has 2 unspecified atom stereocenters. The standard InChI is InChI=1S/C11H26N2O2/c1-5-13(6-2)10(9-14)11(15)7-8-12(3)4/h10-11,14-15H,5-9H2,1-4H3. The number of hydrogen-bond donors (Lipinski definition) is 2. The molecule has 0 aliphatic heterocycles. The smallest absolute Gasteiger partial charge is 0.0729 e. The highest BCUT2D eigenvalue weighted by Crippen LogP contribution is 2.08. The van der Waals surface area contributed by atoms with Crippen LogP contribution in [0.25, 0.3) is 0 Å². The third-order valence-electron chi connectivity index (χ3n) is 2.78. The second kappa shape index (κ2) is 8.05. The summed E-state index contributed by atoms with van der Waals surface area (Å²) in [7, 11) is 3.97. The molecule has 0 radical (unpaired) electrons. The van der Waals surface area contributed by atoms with Gasteiger partial charge < -0.3 is 15.1 Å². The molecule has 0 aromatic heterocycles. The first-order valence-electron chi connectivity index (χ1n) is 5.74. The Bertz CT molecular complexity index is 150. The molecule has 0 aliphatic carbocycles. The lowest BCUT2D eigenvalue weighted by atomic mass is 10.1. The van der Waals surface area contributed by atoms with Crippen molar-refractivity contribution in [1.29, 1.82) is 0 Å². The van der Waals surface area contributed by atoms with Crippen LogP contribution in [0.1, 0.15) is 20.3 Å². The average Bonchev–Trinajstić information content (AvgIpc) is 2.22. The van der Waals surface area contributed by atoms with Crippen LogP contribution in [-0.4, -0.2) is 72.5 Å². The van der Waals surface area contributed by atoms with E-state index in [0.717, 1.165) is 19.6 Å². The van der Waals surface area contributed by atoms with Crippen LogP contribution in [-0.2, 0) is 0 Å². The molecule has 0 aromatic rings. The minimum Gasteiger partial charge on any atom is -0.395 e. The molecule has 15 heavy (non-hydrogen) atoms. The van der Waals surface area contributed by atoms with Crippen molar-refractivity contribution >= 4 is 0 Å². The Hall–Kier alpha value is -0.160. The summed E-state index contributed by atoms with van der Waals surface area (Å²) in [5.41, 5.74) is 0. The summed E-state index contributed by atoms with van der Waals surface area (Å²) >= 11 is 0. The fourth-order valence-electron chi connectivity index (χ4n) is 1.76. The zero-order valence-electron chi connectivity index (χ0n) is 10.5. The number of rotatable bonds is 8. The van der Waals surface area contributed by atoms with Crippen molar-refractivity contribution in [3.05, 3.63) is 0 Å². The van der Waals surface area contributed by atoms with Gasteiger partial charge in [0.2, 0.25) is 0 Å². The maximum absolute atomic E-state index is 9.96. The van der Waals surface area contributed by atoms with Gasteiger partial charge in [0.1, 0.15) is 0 Å². The molecule has 0 saturated carbocycles. The van der Waals surface area contributed by atoms with Crippen molar-refractivity contribution in [2.45, 2.75) is 32.4 Å². The Kier molecular flexibility index (Phi) is 7.96. The number of aliphatic hydroxyl groups excluding tert-OH is 2. The van der Waals surface area contributed by atoms with Gasteiger partial charge in [-0.15, -0.1) is 0 Å². The molecule has 0 rings (SSSR count). The third kappa shape index (κ3) is 5.47. The van der Waals surface area contributed by atoms with Gasteiger partial charge in [-0.25, -0.2) is 0 Å². The molecule has 4 nitrogen and oxygen atoms in total. The maximum Gasteiger partial charge on any atom is 0.0729 e. The van der Waals surface area contributed by atoms with Gasteiger partial charge in [0, 0.05) is 6.54 Å². The number of hydrogen-bond acceptors (Lipinski definition) is 4. The third-order valence-corrected chi connectivity index (χ3v) is 2.78. The van der Waals surface area contributed by atoms with Crippen molar-refractivity contribution in [3.63, 3.8) is 0 Å². The van der Waals surface area contributed by atoms with E-state index in [9.17, 15) is 10.2 Å². The van der Waals surface area contributed by atoms with Crippen LogP contribution < -0.4 is 0 Å². The van der Waals surface area contributed by atoms with Gasteiger partial charge in [0.15, 0.2) is 0 Å². The quantitative estimate of drug-likeness (QED) is 0.602. The van der Waals surface area contributed by atoms with Gasteiger partial charge in [-0.1, -0.05) is 13.8 Å². The SMILES string of the molecule is CCN(CC)C(CO)C(O)CCN(C)C. The van der Waals surface area contributed by atoms with E-state index in [4.69, 9.17) is 0 Å². The topological polar surface area (TPSA) is 46.9 Å². The van der Waals surface area contributed by atoms with Gasteiger partial charge in [-0.2, -0.15) is 0 Å². The molecule has 4 heteroatoms. The molecule has 2 atom stereocenters. The van der Waals surface area contributed by atoms with E-state index < -0.39 is 6.10 Å². The van der Waals surface area contributed by atoms with E-state index in [1.165, 1.54) is 0 Å². The molecule has 2 N–H and O–H groups in total. The van der Waals surface area contributed by atoms with Crippen LogP contribution >= 0.6 is 0 Å². The average molecular weight is 218 g/mol. The Labute approximate surface area is 93.5 Å². The first kappa shape index (κ1) is 14.8. The van der Waals surface area contributed by atoms with Crippen LogP contribution in [0.3, 0.4) is 0 Å². The lowest BCUT2D eigenvalue weighted by molar-refractivity contribution is 0.0131. The molecule has 0 heterocycles. The van der Waals surface area contributed by atoms with Gasteiger partial charge in [-0.3, -0.25) is 4.90 Å². The van der Waals surface area contributed by atoms with E-state index in [0.29, 0.717) is 6.42 Å². The van der Waals surface area contributed by atoms with E-state index in [1.54, 1.807) is 0 Å². The van der Waals surface area contributed by atoms with E-state index >= 15 is 0 Å². The number of aliphatic hydroxyl groups is 2. The summed E-state index contributed by atoms with van der Waals surface area (Å²) < 4.78 is 0. The summed E-state index contributed by atoms with van der Waals surface area (Å²) in [5.74, 6) is 0. The van der Waals surface area contributed by atoms with Crippen LogP contribution in [0, 0.1) is 0 Å². The number of nitrogens with zero attached hydrogens (tertiary/aromatic N) is 2. The van der Waals surface area contributed by atoms with E-state index in [2.05, 4.69) is 4.90 Å². The first-order valence-corrected chi connectivity index (χ1v) is 5.74. The molecule has 0 fully saturated rings. The highest BCUT2D eigenvalue weighted by molar-refractivity contribution is 4.77. The predicted octanol–water partition coefficient (Wildman–Crippen LogP) is 0.00170. The lowest BCUT2D eigenvalue weighted by Crippen LogP contribution is -2.46. The predicted molar refractivity (Wildman–Crippen MR) is 63.0 cm³/mol. The van der Waals surface area contributed by atoms with Crippen LogP contribution in [0.2, 0.25) is 0 Å². The summed E-state index contributed by atoms with van der Waals surface area (Å²) in [6.07, 6.45) is 0.256. The molecule has 0 aromatic carbocycles. The van der Waals surface area contributed by atoms with Crippen molar-refractivity contribution < 1.29 is 10.2 Å². The van der Waals surface area contributed by atoms with Crippen LogP contribution in [0.4, 0.5) is 0 Å². The minimum absolute atomic E-state index is 0.0241. The normalized spacial score (nSPS) is 16.0. The van der Waals surface area contributed by atoms with Crippen molar-refractivity contribution in [1.82, 2.24) is 9.80 Å². The van der Waals surface area contributed by atoms with Crippen LogP contribution in [0.5, 0.6) is 0 Å². The Morgan fingerprint density at radius 3 is 2.00 bits per heavy atom. The Morgan fingerprint density at radius 2 is 1.67 bits per heavy atom. The van der Waals surface area contributed by atoms with Crippen molar-refractivity contribution in [3.8, 4) is 0 Å². The molecular weight excluding hydrogens is 192 g/mol. The molecule has 0 aliphatic rings. The minimum atomic E-state index is -0.447. The highest BCUT2D eigenvalue weighted by atomic mass is 16.3. The van der Waals surface area contributed by atoms with Gasteiger partial charge >= 0.3 is 0 Å². The maximum atomic E-state index is 9.96. The summed E-state index contributed by atoms with van der Waals surface area (Å²) in [6.45, 7) is 6.69. The van der Waals surface area contributed by atoms with Crippen molar-refractivity contribution in [2.75, 3.05) is 40.3 Å². The largest absolute Gasteiger partial charge is 0.395 e. The highest BCUT2D eigenvalue weighted by Gasteiger charge is 2.23. The lowest BCUT2D eigenvalue weighted by Gasteiger charge is -2.32. The van der Waals surface area contributed by atoms with Crippen LogP contribution in [0.15, 0.2) is 0 Å². The molecule has 0 spiro atoms. The zero-order chi connectivity index (χ0) is 11.8. The van der Waals surface area contributed by atoms with E-state index in [1.807, 2.05) is 32.8 Å². The summed E-state index contributed by atoms with van der Waals surface area (Å²) in [6, 6.07) is -0.125. The Balaban J connectivity index is 4.13. The second-order valence-corrected chi connectivity index (χ2v) is 4.13. The van der Waals surface area contributed by atoms with Gasteiger partial charge in [-0.05, 0) is 33.6 Å². The Morgan fingerprint density at radius 1 is 1.13 bits per heavy atom. The fraction of sp³-hybridized carbons (Fsp3) is 1.00. The molecular formula is C11H26N2O2. The van der Waals surface area contributed by atoms with Gasteiger partial charge in [0.05, 0.1) is 18.8 Å².